The van der Waals surface area contributed by atoms with Crippen molar-refractivity contribution in [2.75, 3.05) is 13.1 Å². The molecule has 0 fully saturated rings. The number of nitrogens with one attached hydrogen (secondary N) is 2. The second kappa shape index (κ2) is 8.04. The standard InChI is InChI=1S/C15H22N6/c1-3-10-17-15(16-4-2)18-11-14-20-19-12-21(14)13-8-6-5-7-9-13/h5-9,12H,3-4,10-11H2,1-2H3,(H2,16,17,18). The van der Waals surface area contributed by atoms with Gasteiger partial charge in [-0.05, 0) is 25.5 Å². The Labute approximate surface area is 125 Å². The molecule has 1 aromatic carbocycles. The fraction of sp³-hybridized carbons (Fsp3) is 0.400. The molecule has 0 unspecified atom stereocenters. The molecule has 21 heavy (non-hydrogen) atoms. The van der Waals surface area contributed by atoms with Crippen molar-refractivity contribution in [3.05, 3.63) is 42.5 Å². The van der Waals surface area contributed by atoms with Gasteiger partial charge in [-0.2, -0.15) is 0 Å². The minimum Gasteiger partial charge on any atom is -0.357 e. The third-order valence-corrected chi connectivity index (χ3v) is 2.92. The predicted octanol–water partition coefficient (Wildman–Crippen LogP) is 1.73. The van der Waals surface area contributed by atoms with Crippen molar-refractivity contribution in [3.8, 4) is 5.69 Å². The Morgan fingerprint density at radius 2 is 2.00 bits per heavy atom. The predicted molar refractivity (Wildman–Crippen MR) is 84.5 cm³/mol. The summed E-state index contributed by atoms with van der Waals surface area (Å²) in [6, 6.07) is 10.0. The van der Waals surface area contributed by atoms with Gasteiger partial charge in [0.25, 0.3) is 0 Å². The molecule has 2 N–H and O–H groups in total. The fourth-order valence-corrected chi connectivity index (χ4v) is 1.91. The molecule has 0 atom stereocenters. The van der Waals surface area contributed by atoms with Crippen molar-refractivity contribution in [2.24, 2.45) is 4.99 Å². The SMILES string of the molecule is CCCNC(=NCc1nncn1-c1ccccc1)NCC. The van der Waals surface area contributed by atoms with Crippen LogP contribution in [-0.4, -0.2) is 33.8 Å². The van der Waals surface area contributed by atoms with Gasteiger partial charge in [0.15, 0.2) is 11.8 Å². The number of para-hydroxylation sites is 1. The van der Waals surface area contributed by atoms with Gasteiger partial charge in [-0.25, -0.2) is 4.99 Å². The summed E-state index contributed by atoms with van der Waals surface area (Å²) in [6.07, 6.45) is 2.77. The summed E-state index contributed by atoms with van der Waals surface area (Å²) in [6.45, 7) is 6.39. The van der Waals surface area contributed by atoms with Crippen molar-refractivity contribution in [2.45, 2.75) is 26.8 Å². The molecule has 0 radical (unpaired) electrons. The molecule has 0 saturated heterocycles. The highest BCUT2D eigenvalue weighted by Crippen LogP contribution is 2.09. The topological polar surface area (TPSA) is 67.1 Å². The number of rotatable bonds is 6. The number of aliphatic imine (C=N–C) groups is 1. The minimum atomic E-state index is 0.480. The van der Waals surface area contributed by atoms with E-state index >= 15 is 0 Å². The molecule has 0 aliphatic carbocycles. The second-order valence-corrected chi connectivity index (χ2v) is 4.57. The Morgan fingerprint density at radius 3 is 2.71 bits per heavy atom. The van der Waals surface area contributed by atoms with E-state index in [9.17, 15) is 0 Å². The maximum atomic E-state index is 4.55. The zero-order valence-electron chi connectivity index (χ0n) is 12.6. The maximum Gasteiger partial charge on any atom is 0.191 e. The van der Waals surface area contributed by atoms with Crippen molar-refractivity contribution in [1.29, 1.82) is 0 Å². The van der Waals surface area contributed by atoms with E-state index in [-0.39, 0.29) is 0 Å². The Balaban J connectivity index is 2.11. The Morgan fingerprint density at radius 1 is 1.19 bits per heavy atom. The van der Waals surface area contributed by atoms with Gasteiger partial charge in [0.2, 0.25) is 0 Å². The molecule has 1 heterocycles. The number of hydrogen-bond donors (Lipinski definition) is 2. The van der Waals surface area contributed by atoms with Crippen LogP contribution in [0.5, 0.6) is 0 Å². The number of guanidine groups is 1. The quantitative estimate of drug-likeness (QED) is 0.627. The molecule has 6 heteroatoms. The van der Waals surface area contributed by atoms with Crippen LogP contribution >= 0.6 is 0 Å². The largest absolute Gasteiger partial charge is 0.357 e. The van der Waals surface area contributed by atoms with Gasteiger partial charge in [-0.1, -0.05) is 25.1 Å². The summed E-state index contributed by atoms with van der Waals surface area (Å²) in [7, 11) is 0. The van der Waals surface area contributed by atoms with E-state index in [4.69, 9.17) is 0 Å². The lowest BCUT2D eigenvalue weighted by atomic mass is 10.3. The van der Waals surface area contributed by atoms with Crippen LogP contribution in [0, 0.1) is 0 Å². The first kappa shape index (κ1) is 15.0. The van der Waals surface area contributed by atoms with Crippen LogP contribution in [0.1, 0.15) is 26.1 Å². The first-order valence-electron chi connectivity index (χ1n) is 7.31. The Hall–Kier alpha value is -2.37. The lowest BCUT2D eigenvalue weighted by Crippen LogP contribution is -2.37. The first-order valence-corrected chi connectivity index (χ1v) is 7.31. The van der Waals surface area contributed by atoms with Gasteiger partial charge in [0.05, 0.1) is 0 Å². The highest BCUT2D eigenvalue weighted by Gasteiger charge is 2.05. The molecule has 1 aromatic heterocycles. The van der Waals surface area contributed by atoms with Gasteiger partial charge in [-0.3, -0.25) is 4.57 Å². The van der Waals surface area contributed by atoms with Gasteiger partial charge < -0.3 is 10.6 Å². The molecular weight excluding hydrogens is 264 g/mol. The lowest BCUT2D eigenvalue weighted by molar-refractivity contribution is 0.773. The molecule has 0 bridgehead atoms. The number of hydrogen-bond acceptors (Lipinski definition) is 3. The smallest absolute Gasteiger partial charge is 0.191 e. The molecule has 2 aromatic rings. The van der Waals surface area contributed by atoms with Gasteiger partial charge >= 0.3 is 0 Å². The Kier molecular flexibility index (Phi) is 5.75. The van der Waals surface area contributed by atoms with Crippen molar-refractivity contribution >= 4 is 5.96 Å². The summed E-state index contributed by atoms with van der Waals surface area (Å²) in [5.41, 5.74) is 1.04. The van der Waals surface area contributed by atoms with E-state index in [2.05, 4.69) is 39.7 Å². The maximum absolute atomic E-state index is 4.55. The molecule has 112 valence electrons. The van der Waals surface area contributed by atoms with E-state index < -0.39 is 0 Å². The summed E-state index contributed by atoms with van der Waals surface area (Å²) in [4.78, 5) is 4.55. The molecule has 0 aliphatic heterocycles. The zero-order valence-corrected chi connectivity index (χ0v) is 12.6. The monoisotopic (exact) mass is 286 g/mol. The Bertz CT molecular complexity index is 561. The zero-order chi connectivity index (χ0) is 14.9. The minimum absolute atomic E-state index is 0.480. The van der Waals surface area contributed by atoms with Crippen LogP contribution in [0.3, 0.4) is 0 Å². The van der Waals surface area contributed by atoms with Crippen molar-refractivity contribution in [3.63, 3.8) is 0 Å². The van der Waals surface area contributed by atoms with E-state index in [1.807, 2.05) is 34.9 Å². The van der Waals surface area contributed by atoms with E-state index in [0.29, 0.717) is 6.54 Å². The molecular formula is C15H22N6. The second-order valence-electron chi connectivity index (χ2n) is 4.57. The first-order chi connectivity index (χ1) is 10.3. The number of benzene rings is 1. The average Bonchev–Trinajstić information content (AvgIpc) is 2.99. The van der Waals surface area contributed by atoms with Crippen LogP contribution in [0.15, 0.2) is 41.7 Å². The fourth-order valence-electron chi connectivity index (χ4n) is 1.91. The highest BCUT2D eigenvalue weighted by molar-refractivity contribution is 5.79. The van der Waals surface area contributed by atoms with E-state index in [0.717, 1.165) is 37.0 Å². The van der Waals surface area contributed by atoms with E-state index in [1.54, 1.807) is 6.33 Å². The van der Waals surface area contributed by atoms with Gasteiger partial charge in [0.1, 0.15) is 12.9 Å². The molecule has 0 spiro atoms. The third kappa shape index (κ3) is 4.30. The van der Waals surface area contributed by atoms with Gasteiger partial charge in [-0.15, -0.1) is 10.2 Å². The number of nitrogens with zero attached hydrogens (tertiary/aromatic N) is 4. The molecule has 2 rings (SSSR count). The van der Waals surface area contributed by atoms with Crippen LogP contribution in [0.25, 0.3) is 5.69 Å². The molecule has 0 aliphatic rings. The highest BCUT2D eigenvalue weighted by atomic mass is 15.3. The third-order valence-electron chi connectivity index (χ3n) is 2.92. The van der Waals surface area contributed by atoms with Crippen molar-refractivity contribution in [1.82, 2.24) is 25.4 Å². The summed E-state index contributed by atoms with van der Waals surface area (Å²) >= 11 is 0. The van der Waals surface area contributed by atoms with Crippen LogP contribution in [0.4, 0.5) is 0 Å². The average molecular weight is 286 g/mol. The van der Waals surface area contributed by atoms with Crippen molar-refractivity contribution < 1.29 is 0 Å². The molecule has 0 saturated carbocycles. The summed E-state index contributed by atoms with van der Waals surface area (Å²) < 4.78 is 1.95. The number of aromatic nitrogens is 3. The van der Waals surface area contributed by atoms with Crippen LogP contribution in [0.2, 0.25) is 0 Å². The summed E-state index contributed by atoms with van der Waals surface area (Å²) in [5, 5.41) is 14.6. The summed E-state index contributed by atoms with van der Waals surface area (Å²) in [5.74, 6) is 1.62. The normalized spacial score (nSPS) is 11.4. The van der Waals surface area contributed by atoms with Crippen LogP contribution in [-0.2, 0) is 6.54 Å². The van der Waals surface area contributed by atoms with E-state index in [1.165, 1.54) is 0 Å². The molecule has 0 amide bonds. The van der Waals surface area contributed by atoms with Crippen LogP contribution < -0.4 is 10.6 Å². The lowest BCUT2D eigenvalue weighted by Gasteiger charge is -2.10. The van der Waals surface area contributed by atoms with Gasteiger partial charge in [0, 0.05) is 18.8 Å². The molecule has 6 nitrogen and oxygen atoms in total.